The molecule has 0 aliphatic heterocycles. The summed E-state index contributed by atoms with van der Waals surface area (Å²) in [5, 5.41) is 1.15. The Labute approximate surface area is 152 Å². The van der Waals surface area contributed by atoms with Gasteiger partial charge in [-0.05, 0) is 24.6 Å². The second-order valence-corrected chi connectivity index (χ2v) is 6.93. The van der Waals surface area contributed by atoms with Crippen molar-refractivity contribution in [3.63, 3.8) is 0 Å². The summed E-state index contributed by atoms with van der Waals surface area (Å²) in [7, 11) is 2.03. The van der Waals surface area contributed by atoms with Crippen LogP contribution in [-0.4, -0.2) is 14.5 Å². The summed E-state index contributed by atoms with van der Waals surface area (Å²) in [5.41, 5.74) is 22.8. The highest BCUT2D eigenvalue weighted by Crippen LogP contribution is 2.33. The topological polar surface area (TPSA) is 109 Å². The number of fused-ring (bicyclic) bond motifs is 1. The van der Waals surface area contributed by atoms with Crippen molar-refractivity contribution in [3.05, 3.63) is 71.6 Å². The van der Waals surface area contributed by atoms with Crippen molar-refractivity contribution in [2.24, 2.45) is 24.2 Å². The molecule has 6 N–H and O–H groups in total. The Kier molecular flexibility index (Phi) is 3.59. The van der Waals surface area contributed by atoms with Crippen LogP contribution in [0.5, 0.6) is 0 Å². The molecule has 0 saturated carbocycles. The van der Waals surface area contributed by atoms with E-state index in [1.54, 1.807) is 6.08 Å². The van der Waals surface area contributed by atoms with E-state index in [-0.39, 0.29) is 0 Å². The van der Waals surface area contributed by atoms with Gasteiger partial charge in [-0.2, -0.15) is 0 Å². The summed E-state index contributed by atoms with van der Waals surface area (Å²) < 4.78 is 2.10. The van der Waals surface area contributed by atoms with Gasteiger partial charge in [0.2, 0.25) is 0 Å². The van der Waals surface area contributed by atoms with Gasteiger partial charge >= 0.3 is 0 Å². The summed E-state index contributed by atoms with van der Waals surface area (Å²) in [5.74, 6) is 0.540. The molecule has 6 nitrogen and oxygen atoms in total. The van der Waals surface area contributed by atoms with Gasteiger partial charge in [0.1, 0.15) is 5.54 Å². The van der Waals surface area contributed by atoms with E-state index in [1.165, 1.54) is 0 Å². The standard InChI is InChI=1S/C20H22N6/c1-12-10-24-19(20(23)8-7-15(21)16(22)9-20)25-18(12)14-11-26(2)17-6-4-3-5-13(14)17/h3-8,10-11H,9,21-23H2,1-2H3. The Morgan fingerprint density at radius 1 is 1.19 bits per heavy atom. The molecule has 0 fully saturated rings. The predicted molar refractivity (Wildman–Crippen MR) is 104 cm³/mol. The van der Waals surface area contributed by atoms with E-state index in [2.05, 4.69) is 27.9 Å². The van der Waals surface area contributed by atoms with Crippen molar-refractivity contribution in [1.82, 2.24) is 14.5 Å². The van der Waals surface area contributed by atoms with Gasteiger partial charge in [0.15, 0.2) is 5.82 Å². The van der Waals surface area contributed by atoms with Crippen LogP contribution < -0.4 is 17.2 Å². The van der Waals surface area contributed by atoms with Crippen LogP contribution in [-0.2, 0) is 12.6 Å². The maximum Gasteiger partial charge on any atom is 0.153 e. The highest BCUT2D eigenvalue weighted by atomic mass is 15.0. The number of nitrogens with two attached hydrogens (primary N) is 3. The summed E-state index contributed by atoms with van der Waals surface area (Å²) >= 11 is 0. The molecule has 3 aromatic rings. The van der Waals surface area contributed by atoms with E-state index in [0.717, 1.165) is 27.7 Å². The predicted octanol–water partition coefficient (Wildman–Crippen LogP) is 2.19. The van der Waals surface area contributed by atoms with Crippen molar-refractivity contribution in [3.8, 4) is 11.3 Å². The van der Waals surface area contributed by atoms with Crippen LogP contribution >= 0.6 is 0 Å². The fourth-order valence-corrected chi connectivity index (χ4v) is 3.44. The molecular formula is C20H22N6. The van der Waals surface area contributed by atoms with E-state index >= 15 is 0 Å². The number of para-hydroxylation sites is 1. The number of rotatable bonds is 2. The molecule has 6 heteroatoms. The van der Waals surface area contributed by atoms with Crippen molar-refractivity contribution in [2.45, 2.75) is 18.9 Å². The number of nitrogens with zero attached hydrogens (tertiary/aromatic N) is 3. The van der Waals surface area contributed by atoms with Crippen LogP contribution in [0.25, 0.3) is 22.2 Å². The number of benzene rings is 1. The lowest BCUT2D eigenvalue weighted by Gasteiger charge is -2.28. The molecule has 1 unspecified atom stereocenters. The highest BCUT2D eigenvalue weighted by molar-refractivity contribution is 5.95. The van der Waals surface area contributed by atoms with Crippen LogP contribution in [0.15, 0.2) is 60.2 Å². The fraction of sp³-hybridized carbons (Fsp3) is 0.200. The largest absolute Gasteiger partial charge is 0.400 e. The Morgan fingerprint density at radius 3 is 2.73 bits per heavy atom. The lowest BCUT2D eigenvalue weighted by atomic mass is 9.88. The molecule has 2 heterocycles. The SMILES string of the molecule is Cc1cnc(C2(N)C=CC(N)=C(N)C2)nc1-c1cn(C)c2ccccc12. The third-order valence-electron chi connectivity index (χ3n) is 4.95. The fourth-order valence-electron chi connectivity index (χ4n) is 3.44. The summed E-state index contributed by atoms with van der Waals surface area (Å²) in [6.07, 6.45) is 7.87. The zero-order valence-electron chi connectivity index (χ0n) is 14.9. The molecule has 1 atom stereocenters. The monoisotopic (exact) mass is 346 g/mol. The molecule has 0 radical (unpaired) electrons. The van der Waals surface area contributed by atoms with Crippen LogP contribution in [0.1, 0.15) is 17.8 Å². The Bertz CT molecular complexity index is 1080. The highest BCUT2D eigenvalue weighted by Gasteiger charge is 2.32. The van der Waals surface area contributed by atoms with Crippen LogP contribution in [0.2, 0.25) is 0 Å². The number of aryl methyl sites for hydroxylation is 2. The number of allylic oxidation sites excluding steroid dienone is 1. The minimum Gasteiger partial charge on any atom is -0.400 e. The number of hydrogen-bond acceptors (Lipinski definition) is 5. The summed E-state index contributed by atoms with van der Waals surface area (Å²) in [4.78, 5) is 9.33. The number of aromatic nitrogens is 3. The Balaban J connectivity index is 1.87. The molecule has 0 amide bonds. The zero-order chi connectivity index (χ0) is 18.5. The van der Waals surface area contributed by atoms with E-state index in [0.29, 0.717) is 23.6 Å². The molecular weight excluding hydrogens is 324 g/mol. The maximum atomic E-state index is 6.56. The lowest BCUT2D eigenvalue weighted by Crippen LogP contribution is -2.40. The Hall–Kier alpha value is -3.12. The van der Waals surface area contributed by atoms with Crippen molar-refractivity contribution in [2.75, 3.05) is 0 Å². The second-order valence-electron chi connectivity index (χ2n) is 6.93. The molecule has 0 saturated heterocycles. The molecule has 1 aromatic carbocycles. The average molecular weight is 346 g/mol. The van der Waals surface area contributed by atoms with Gasteiger partial charge in [-0.15, -0.1) is 0 Å². The quantitative estimate of drug-likeness (QED) is 0.659. The van der Waals surface area contributed by atoms with Gasteiger partial charge in [-0.25, -0.2) is 9.97 Å². The normalized spacial score (nSPS) is 20.1. The minimum atomic E-state index is -0.861. The molecule has 132 valence electrons. The van der Waals surface area contributed by atoms with E-state index < -0.39 is 5.54 Å². The molecule has 26 heavy (non-hydrogen) atoms. The van der Waals surface area contributed by atoms with Crippen LogP contribution in [0, 0.1) is 6.92 Å². The van der Waals surface area contributed by atoms with Crippen LogP contribution in [0.3, 0.4) is 0 Å². The lowest BCUT2D eigenvalue weighted by molar-refractivity contribution is 0.505. The van der Waals surface area contributed by atoms with Crippen molar-refractivity contribution >= 4 is 10.9 Å². The first-order valence-electron chi connectivity index (χ1n) is 8.50. The van der Waals surface area contributed by atoms with E-state index in [4.69, 9.17) is 22.2 Å². The summed E-state index contributed by atoms with van der Waals surface area (Å²) in [6, 6.07) is 8.27. The summed E-state index contributed by atoms with van der Waals surface area (Å²) in [6.45, 7) is 2.01. The first-order chi connectivity index (χ1) is 12.4. The maximum absolute atomic E-state index is 6.56. The van der Waals surface area contributed by atoms with Gasteiger partial charge in [-0.3, -0.25) is 0 Å². The van der Waals surface area contributed by atoms with E-state index in [9.17, 15) is 0 Å². The van der Waals surface area contributed by atoms with Gasteiger partial charge in [-0.1, -0.05) is 24.3 Å². The zero-order valence-corrected chi connectivity index (χ0v) is 14.9. The van der Waals surface area contributed by atoms with Crippen LogP contribution in [0.4, 0.5) is 0 Å². The molecule has 1 aliphatic carbocycles. The van der Waals surface area contributed by atoms with E-state index in [1.807, 2.05) is 38.4 Å². The number of hydrogen-bond donors (Lipinski definition) is 3. The van der Waals surface area contributed by atoms with Gasteiger partial charge in [0.05, 0.1) is 11.4 Å². The Morgan fingerprint density at radius 2 is 1.96 bits per heavy atom. The van der Waals surface area contributed by atoms with Gasteiger partial charge in [0.25, 0.3) is 0 Å². The first kappa shape index (κ1) is 16.4. The van der Waals surface area contributed by atoms with Crippen molar-refractivity contribution < 1.29 is 0 Å². The third kappa shape index (κ3) is 2.46. The second kappa shape index (κ2) is 5.71. The third-order valence-corrected chi connectivity index (χ3v) is 4.95. The average Bonchev–Trinajstić information content (AvgIpc) is 2.96. The molecule has 0 bridgehead atoms. The van der Waals surface area contributed by atoms with Gasteiger partial charge in [0, 0.05) is 48.0 Å². The molecule has 0 spiro atoms. The minimum absolute atomic E-state index is 0.396. The van der Waals surface area contributed by atoms with Gasteiger partial charge < -0.3 is 21.8 Å². The molecule has 2 aromatic heterocycles. The first-order valence-corrected chi connectivity index (χ1v) is 8.50. The van der Waals surface area contributed by atoms with Crippen molar-refractivity contribution in [1.29, 1.82) is 0 Å². The molecule has 4 rings (SSSR count). The smallest absolute Gasteiger partial charge is 0.153 e. The molecule has 1 aliphatic rings.